The Hall–Kier alpha value is -3.06. The van der Waals surface area contributed by atoms with Crippen LogP contribution < -0.4 is 14.8 Å². The summed E-state index contributed by atoms with van der Waals surface area (Å²) in [5.41, 5.74) is 3.08. The summed E-state index contributed by atoms with van der Waals surface area (Å²) in [5.74, 6) is -0.817. The minimum Gasteiger partial charge on any atom is -0.493 e. The number of aryl methyl sites for hydroxylation is 2. The molecule has 1 heterocycles. The van der Waals surface area contributed by atoms with Crippen LogP contribution in [0.15, 0.2) is 35.2 Å². The second kappa shape index (κ2) is 12.3. The highest BCUT2D eigenvalue weighted by Crippen LogP contribution is 2.37. The zero-order valence-electron chi connectivity index (χ0n) is 20.2. The van der Waals surface area contributed by atoms with Gasteiger partial charge < -0.3 is 19.5 Å². The third-order valence-electron chi connectivity index (χ3n) is 5.03. The molecule has 0 radical (unpaired) electrons. The lowest BCUT2D eigenvalue weighted by molar-refractivity contribution is -0.145. The van der Waals surface area contributed by atoms with Crippen LogP contribution in [0.1, 0.15) is 23.6 Å². The molecule has 11 heteroatoms. The van der Waals surface area contributed by atoms with Crippen molar-refractivity contribution in [3.63, 3.8) is 0 Å². The highest BCUT2D eigenvalue weighted by Gasteiger charge is 2.36. The van der Waals surface area contributed by atoms with Crippen molar-refractivity contribution >= 4 is 69.1 Å². The number of thioether (sulfide) groups is 1. The fourth-order valence-electron chi connectivity index (χ4n) is 3.29. The lowest BCUT2D eigenvalue weighted by Crippen LogP contribution is -2.36. The zero-order valence-corrected chi connectivity index (χ0v) is 23.2. The summed E-state index contributed by atoms with van der Waals surface area (Å²) in [4.78, 5) is 50.7. The van der Waals surface area contributed by atoms with Crippen molar-refractivity contribution in [1.29, 1.82) is 0 Å². The molecule has 3 rings (SSSR count). The highest BCUT2D eigenvalue weighted by molar-refractivity contribution is 14.1. The van der Waals surface area contributed by atoms with Crippen LogP contribution in [0, 0.1) is 17.4 Å². The summed E-state index contributed by atoms with van der Waals surface area (Å²) >= 11 is 2.78. The van der Waals surface area contributed by atoms with Gasteiger partial charge in [-0.1, -0.05) is 12.1 Å². The monoisotopic (exact) mass is 624 g/mol. The Labute approximate surface area is 226 Å². The maximum atomic E-state index is 12.9. The zero-order chi connectivity index (χ0) is 26.4. The summed E-state index contributed by atoms with van der Waals surface area (Å²) in [6.45, 7) is 5.06. The van der Waals surface area contributed by atoms with Crippen LogP contribution >= 0.6 is 34.4 Å². The van der Waals surface area contributed by atoms with Crippen LogP contribution in [0.4, 0.5) is 10.5 Å². The first-order chi connectivity index (χ1) is 17.1. The molecule has 0 saturated carbocycles. The molecule has 0 bridgehead atoms. The Morgan fingerprint density at radius 1 is 1.17 bits per heavy atom. The highest BCUT2D eigenvalue weighted by atomic mass is 127. The van der Waals surface area contributed by atoms with E-state index in [4.69, 9.17) is 14.2 Å². The summed E-state index contributed by atoms with van der Waals surface area (Å²) in [5, 5.41) is 2.23. The first-order valence-corrected chi connectivity index (χ1v) is 12.8. The number of halogens is 1. The van der Waals surface area contributed by atoms with Crippen molar-refractivity contribution < 1.29 is 33.4 Å². The van der Waals surface area contributed by atoms with Gasteiger partial charge in [0.05, 0.1) is 22.2 Å². The fraction of sp³-hybridized carbons (Fsp3) is 0.280. The quantitative estimate of drug-likeness (QED) is 0.246. The lowest BCUT2D eigenvalue weighted by atomic mass is 10.1. The van der Waals surface area contributed by atoms with Gasteiger partial charge in [0.2, 0.25) is 5.91 Å². The number of methoxy groups -OCH3 is 1. The SMILES string of the molecule is CCOC(=O)COc1c(I)cc(/C=C2/SC(=O)N(CC(=O)Nc3cc(C)ccc3C)C2=O)cc1OC. The van der Waals surface area contributed by atoms with Crippen molar-refractivity contribution in [1.82, 2.24) is 4.90 Å². The average Bonchev–Trinajstić information content (AvgIpc) is 3.07. The Balaban J connectivity index is 1.74. The number of carbonyl (C=O) groups is 4. The molecule has 3 amide bonds. The minimum atomic E-state index is -0.558. The summed E-state index contributed by atoms with van der Waals surface area (Å²) in [6, 6.07) is 9.00. The number of ether oxygens (including phenoxy) is 3. The topological polar surface area (TPSA) is 111 Å². The Morgan fingerprint density at radius 2 is 1.92 bits per heavy atom. The molecular weight excluding hydrogens is 599 g/mol. The third-order valence-corrected chi connectivity index (χ3v) is 6.74. The van der Waals surface area contributed by atoms with E-state index in [2.05, 4.69) is 5.32 Å². The standard InChI is InChI=1S/C25H25IN2O7S/c1-5-34-22(30)13-35-23-17(26)9-16(10-19(23)33-4)11-20-24(31)28(25(32)36-20)12-21(29)27-18-8-14(2)6-7-15(18)3/h6-11H,5,12-13H2,1-4H3,(H,27,29)/b20-11+. The van der Waals surface area contributed by atoms with E-state index in [-0.39, 0.29) is 18.1 Å². The van der Waals surface area contributed by atoms with Gasteiger partial charge in [-0.15, -0.1) is 0 Å². The van der Waals surface area contributed by atoms with Crippen molar-refractivity contribution in [2.45, 2.75) is 20.8 Å². The van der Waals surface area contributed by atoms with Gasteiger partial charge in [-0.2, -0.15) is 0 Å². The molecule has 0 unspecified atom stereocenters. The molecule has 9 nitrogen and oxygen atoms in total. The number of amides is 3. The molecule has 1 N–H and O–H groups in total. The number of nitrogens with one attached hydrogen (secondary N) is 1. The van der Waals surface area contributed by atoms with Crippen LogP contribution in [0.5, 0.6) is 11.5 Å². The number of carbonyl (C=O) groups excluding carboxylic acids is 4. The van der Waals surface area contributed by atoms with E-state index in [1.54, 1.807) is 25.1 Å². The number of imide groups is 1. The average molecular weight is 624 g/mol. The van der Waals surface area contributed by atoms with Gasteiger partial charge in [-0.25, -0.2) is 4.79 Å². The number of nitrogens with zero attached hydrogens (tertiary/aromatic N) is 1. The second-order valence-electron chi connectivity index (χ2n) is 7.76. The van der Waals surface area contributed by atoms with Gasteiger partial charge in [0.1, 0.15) is 6.54 Å². The fourth-order valence-corrected chi connectivity index (χ4v) is 4.91. The van der Waals surface area contributed by atoms with E-state index < -0.39 is 29.6 Å². The molecule has 1 saturated heterocycles. The molecule has 1 aliphatic rings. The number of hydrogen-bond acceptors (Lipinski definition) is 8. The van der Waals surface area contributed by atoms with Gasteiger partial charge in [0.25, 0.3) is 11.1 Å². The summed E-state index contributed by atoms with van der Waals surface area (Å²) < 4.78 is 16.4. The van der Waals surface area contributed by atoms with Crippen molar-refractivity contribution in [2.75, 3.05) is 32.2 Å². The van der Waals surface area contributed by atoms with Crippen molar-refractivity contribution in [3.8, 4) is 11.5 Å². The van der Waals surface area contributed by atoms with Gasteiger partial charge >= 0.3 is 5.97 Å². The molecule has 190 valence electrons. The van der Waals surface area contributed by atoms with Crippen LogP contribution in [0.2, 0.25) is 0 Å². The maximum Gasteiger partial charge on any atom is 0.344 e. The number of hydrogen-bond donors (Lipinski definition) is 1. The van der Waals surface area contributed by atoms with E-state index in [1.807, 2.05) is 54.6 Å². The predicted octanol–water partition coefficient (Wildman–Crippen LogP) is 4.53. The van der Waals surface area contributed by atoms with E-state index in [0.717, 1.165) is 27.8 Å². The first kappa shape index (κ1) is 27.5. The predicted molar refractivity (Wildman–Crippen MR) is 145 cm³/mol. The minimum absolute atomic E-state index is 0.178. The normalized spacial score (nSPS) is 14.2. The van der Waals surface area contributed by atoms with Crippen LogP contribution in [-0.4, -0.2) is 54.8 Å². The van der Waals surface area contributed by atoms with E-state index in [9.17, 15) is 19.2 Å². The molecule has 2 aromatic rings. The molecule has 1 fully saturated rings. The van der Waals surface area contributed by atoms with Gasteiger partial charge in [-0.05, 0) is 96.1 Å². The van der Waals surface area contributed by atoms with Crippen LogP contribution in [0.25, 0.3) is 6.08 Å². The number of anilines is 1. The largest absolute Gasteiger partial charge is 0.493 e. The molecule has 0 atom stereocenters. The Kier molecular flexibility index (Phi) is 9.37. The lowest BCUT2D eigenvalue weighted by Gasteiger charge is -2.14. The number of esters is 1. The molecule has 0 aliphatic carbocycles. The first-order valence-electron chi connectivity index (χ1n) is 10.9. The molecule has 1 aliphatic heterocycles. The van der Waals surface area contributed by atoms with Crippen molar-refractivity contribution in [3.05, 3.63) is 55.5 Å². The van der Waals surface area contributed by atoms with Gasteiger partial charge in [0, 0.05) is 5.69 Å². The smallest absolute Gasteiger partial charge is 0.344 e. The van der Waals surface area contributed by atoms with E-state index >= 15 is 0 Å². The summed E-state index contributed by atoms with van der Waals surface area (Å²) in [6.07, 6.45) is 1.55. The van der Waals surface area contributed by atoms with E-state index in [1.165, 1.54) is 7.11 Å². The van der Waals surface area contributed by atoms with Gasteiger partial charge in [0.15, 0.2) is 18.1 Å². The van der Waals surface area contributed by atoms with Crippen molar-refractivity contribution in [2.24, 2.45) is 0 Å². The number of rotatable bonds is 9. The third kappa shape index (κ3) is 6.78. The van der Waals surface area contributed by atoms with Crippen LogP contribution in [0.3, 0.4) is 0 Å². The molecule has 0 aromatic heterocycles. The van der Waals surface area contributed by atoms with Crippen LogP contribution in [-0.2, 0) is 19.1 Å². The number of benzene rings is 2. The Bertz CT molecular complexity index is 1250. The molecular formula is C25H25IN2O7S. The molecule has 2 aromatic carbocycles. The molecule has 0 spiro atoms. The van der Waals surface area contributed by atoms with E-state index in [0.29, 0.717) is 26.3 Å². The maximum absolute atomic E-state index is 12.9. The molecule has 36 heavy (non-hydrogen) atoms. The second-order valence-corrected chi connectivity index (χ2v) is 9.92. The summed E-state index contributed by atoms with van der Waals surface area (Å²) in [7, 11) is 1.45. The Morgan fingerprint density at radius 3 is 2.61 bits per heavy atom. The van der Waals surface area contributed by atoms with Gasteiger partial charge in [-0.3, -0.25) is 19.3 Å².